The predicted octanol–water partition coefficient (Wildman–Crippen LogP) is 1.01. The molecule has 4 rings (SSSR count). The van der Waals surface area contributed by atoms with Crippen LogP contribution in [0.25, 0.3) is 0 Å². The second-order valence-corrected chi connectivity index (χ2v) is 8.08. The van der Waals surface area contributed by atoms with Crippen LogP contribution in [0.1, 0.15) is 41.9 Å². The molecule has 3 heterocycles. The molecule has 1 fully saturated rings. The quantitative estimate of drug-likeness (QED) is 0.829. The van der Waals surface area contributed by atoms with Gasteiger partial charge in [0.15, 0.2) is 5.76 Å². The molecule has 8 nitrogen and oxygen atoms in total. The lowest BCUT2D eigenvalue weighted by Gasteiger charge is -2.19. The lowest BCUT2D eigenvalue weighted by Crippen LogP contribution is -2.34. The fourth-order valence-corrected chi connectivity index (χ4v) is 4.90. The third-order valence-electron chi connectivity index (χ3n) is 4.52. The van der Waals surface area contributed by atoms with Crippen LogP contribution in [0.2, 0.25) is 0 Å². The third-order valence-corrected chi connectivity index (χ3v) is 6.67. The Bertz CT molecular complexity index is 830. The zero-order valence-corrected chi connectivity index (χ0v) is 14.0. The minimum absolute atomic E-state index is 0.192. The number of aryl methyl sites for hydroxylation is 2. The number of rotatable bonds is 3. The van der Waals surface area contributed by atoms with Crippen LogP contribution < -0.4 is 0 Å². The molecular weight excluding hydrogens is 318 g/mol. The molecule has 0 radical (unpaired) electrons. The third kappa shape index (κ3) is 2.38. The van der Waals surface area contributed by atoms with Crippen LogP contribution in [0, 0.1) is 13.8 Å². The van der Waals surface area contributed by atoms with Crippen molar-refractivity contribution in [1.82, 2.24) is 24.2 Å². The molecule has 0 N–H and O–H groups in total. The molecule has 23 heavy (non-hydrogen) atoms. The van der Waals surface area contributed by atoms with Gasteiger partial charge in [0.05, 0.1) is 0 Å². The first kappa shape index (κ1) is 14.8. The Morgan fingerprint density at radius 1 is 1.13 bits per heavy atom. The smallest absolute Gasteiger partial charge is 0.248 e. The summed E-state index contributed by atoms with van der Waals surface area (Å²) in [7, 11) is -3.60. The van der Waals surface area contributed by atoms with Gasteiger partial charge in [0.25, 0.3) is 0 Å². The first-order valence-corrected chi connectivity index (χ1v) is 9.27. The van der Waals surface area contributed by atoms with Gasteiger partial charge >= 0.3 is 0 Å². The summed E-state index contributed by atoms with van der Waals surface area (Å²) < 4.78 is 34.5. The van der Waals surface area contributed by atoms with Crippen LogP contribution in [0.5, 0.6) is 0 Å². The van der Waals surface area contributed by atoms with Crippen LogP contribution in [-0.4, -0.2) is 45.7 Å². The highest BCUT2D eigenvalue weighted by atomic mass is 32.2. The maximum atomic E-state index is 12.9. The fraction of sp³-hybridized carbons (Fsp3) is 0.643. The average Bonchev–Trinajstić information content (AvgIpc) is 3.23. The molecule has 124 valence electrons. The summed E-state index contributed by atoms with van der Waals surface area (Å²) in [6.45, 7) is 4.69. The van der Waals surface area contributed by atoms with Crippen molar-refractivity contribution < 1.29 is 12.9 Å². The summed E-state index contributed by atoms with van der Waals surface area (Å²) in [6.07, 6.45) is 2.88. The number of hydrogen-bond acceptors (Lipinski definition) is 6. The molecule has 0 saturated heterocycles. The van der Waals surface area contributed by atoms with Gasteiger partial charge in [0.2, 0.25) is 10.0 Å². The Balaban J connectivity index is 1.63. The second kappa shape index (κ2) is 5.13. The van der Waals surface area contributed by atoms with Gasteiger partial charge in [-0.1, -0.05) is 5.16 Å². The van der Waals surface area contributed by atoms with Crippen LogP contribution in [0.15, 0.2) is 9.42 Å². The summed E-state index contributed by atoms with van der Waals surface area (Å²) in [4.78, 5) is 0.192. The van der Waals surface area contributed by atoms with Gasteiger partial charge in [-0.2, -0.15) is 4.31 Å². The minimum Gasteiger partial charge on any atom is -0.360 e. The van der Waals surface area contributed by atoms with Crippen molar-refractivity contribution in [3.8, 4) is 0 Å². The zero-order valence-electron chi connectivity index (χ0n) is 13.2. The van der Waals surface area contributed by atoms with E-state index in [4.69, 9.17) is 4.52 Å². The Hall–Kier alpha value is -1.74. The van der Waals surface area contributed by atoms with Crippen LogP contribution >= 0.6 is 0 Å². The van der Waals surface area contributed by atoms with E-state index < -0.39 is 10.0 Å². The SMILES string of the molecule is Cc1noc(C)c1S(=O)(=O)N1CCc2nnc(C3CC3)n2CC1. The normalized spacial score (nSPS) is 19.6. The molecule has 2 aromatic heterocycles. The van der Waals surface area contributed by atoms with E-state index in [9.17, 15) is 8.42 Å². The van der Waals surface area contributed by atoms with Crippen molar-refractivity contribution in [2.45, 2.75) is 50.5 Å². The van der Waals surface area contributed by atoms with E-state index >= 15 is 0 Å². The highest BCUT2D eigenvalue weighted by Crippen LogP contribution is 2.39. The van der Waals surface area contributed by atoms with Crippen molar-refractivity contribution >= 4 is 10.0 Å². The largest absolute Gasteiger partial charge is 0.360 e. The van der Waals surface area contributed by atoms with Gasteiger partial charge in [-0.3, -0.25) is 0 Å². The molecule has 0 bridgehead atoms. The van der Waals surface area contributed by atoms with Crippen molar-refractivity contribution in [3.05, 3.63) is 23.1 Å². The molecule has 2 aromatic rings. The molecule has 2 aliphatic rings. The fourth-order valence-electron chi connectivity index (χ4n) is 3.18. The minimum atomic E-state index is -3.60. The molecule has 1 aliphatic carbocycles. The van der Waals surface area contributed by atoms with Crippen molar-refractivity contribution in [3.63, 3.8) is 0 Å². The van der Waals surface area contributed by atoms with Gasteiger partial charge in [-0.05, 0) is 26.7 Å². The Labute approximate surface area is 134 Å². The number of sulfonamides is 1. The standard InChI is InChI=1S/C14H19N5O3S/c1-9-13(10(2)22-17-9)23(20,21)18-6-5-12-15-16-14(11-3-4-11)19(12)8-7-18/h11H,3-8H2,1-2H3. The first-order valence-electron chi connectivity index (χ1n) is 7.83. The van der Waals surface area contributed by atoms with Gasteiger partial charge in [-0.15, -0.1) is 10.2 Å². The molecular formula is C14H19N5O3S. The molecule has 1 aliphatic heterocycles. The van der Waals surface area contributed by atoms with Crippen molar-refractivity contribution in [2.24, 2.45) is 0 Å². The summed E-state index contributed by atoms with van der Waals surface area (Å²) in [6, 6.07) is 0. The van der Waals surface area contributed by atoms with Crippen LogP contribution in [0.3, 0.4) is 0 Å². The van der Waals surface area contributed by atoms with Crippen LogP contribution in [0.4, 0.5) is 0 Å². The summed E-state index contributed by atoms with van der Waals surface area (Å²) >= 11 is 0. The van der Waals surface area contributed by atoms with E-state index in [1.165, 1.54) is 4.31 Å². The van der Waals surface area contributed by atoms with Gasteiger partial charge in [0, 0.05) is 32.0 Å². The Morgan fingerprint density at radius 3 is 2.57 bits per heavy atom. The highest BCUT2D eigenvalue weighted by molar-refractivity contribution is 7.89. The van der Waals surface area contributed by atoms with E-state index in [0.717, 1.165) is 24.5 Å². The lowest BCUT2D eigenvalue weighted by molar-refractivity contribution is 0.387. The van der Waals surface area contributed by atoms with Gasteiger partial charge in [-0.25, -0.2) is 8.42 Å². The van der Waals surface area contributed by atoms with Gasteiger partial charge < -0.3 is 9.09 Å². The number of aromatic nitrogens is 4. The maximum absolute atomic E-state index is 12.9. The van der Waals surface area contributed by atoms with E-state index in [1.807, 2.05) is 0 Å². The van der Waals surface area contributed by atoms with Gasteiger partial charge in [0.1, 0.15) is 22.2 Å². The number of fused-ring (bicyclic) bond motifs is 1. The maximum Gasteiger partial charge on any atom is 0.248 e. The van der Waals surface area contributed by atoms with E-state index in [-0.39, 0.29) is 4.90 Å². The molecule has 0 unspecified atom stereocenters. The Morgan fingerprint density at radius 2 is 1.91 bits per heavy atom. The summed E-state index contributed by atoms with van der Waals surface area (Å²) in [5, 5.41) is 12.3. The highest BCUT2D eigenvalue weighted by Gasteiger charge is 2.35. The molecule has 1 saturated carbocycles. The van der Waals surface area contributed by atoms with Crippen molar-refractivity contribution in [1.29, 1.82) is 0 Å². The average molecular weight is 337 g/mol. The molecule has 0 atom stereocenters. The van der Waals surface area contributed by atoms with E-state index in [0.29, 0.717) is 43.4 Å². The number of hydrogen-bond donors (Lipinski definition) is 0. The topological polar surface area (TPSA) is 94.1 Å². The molecule has 0 spiro atoms. The first-order chi connectivity index (χ1) is 11.0. The zero-order chi connectivity index (χ0) is 16.2. The molecule has 0 aromatic carbocycles. The van der Waals surface area contributed by atoms with Crippen LogP contribution in [-0.2, 0) is 23.0 Å². The molecule has 9 heteroatoms. The predicted molar refractivity (Wildman–Crippen MR) is 80.4 cm³/mol. The Kier molecular flexibility index (Phi) is 3.31. The summed E-state index contributed by atoms with van der Waals surface area (Å²) in [5.41, 5.74) is 0.407. The molecule has 0 amide bonds. The summed E-state index contributed by atoms with van der Waals surface area (Å²) in [5.74, 6) is 2.73. The lowest BCUT2D eigenvalue weighted by atomic mass is 10.3. The monoisotopic (exact) mass is 337 g/mol. The van der Waals surface area contributed by atoms with E-state index in [2.05, 4.69) is 19.9 Å². The number of nitrogens with zero attached hydrogens (tertiary/aromatic N) is 5. The van der Waals surface area contributed by atoms with Crippen molar-refractivity contribution in [2.75, 3.05) is 13.1 Å². The second-order valence-electron chi connectivity index (χ2n) is 6.21. The van der Waals surface area contributed by atoms with E-state index in [1.54, 1.807) is 13.8 Å².